The van der Waals surface area contributed by atoms with Crippen LogP contribution in [0.15, 0.2) is 64.6 Å². The molecule has 9 nitrogen and oxygen atoms in total. The molecule has 166 valence electrons. The van der Waals surface area contributed by atoms with Crippen LogP contribution in [0.3, 0.4) is 0 Å². The van der Waals surface area contributed by atoms with Crippen LogP contribution in [0.1, 0.15) is 23.8 Å². The van der Waals surface area contributed by atoms with E-state index in [2.05, 4.69) is 5.32 Å². The Hall–Kier alpha value is -4.53. The summed E-state index contributed by atoms with van der Waals surface area (Å²) in [7, 11) is 0. The number of amides is 4. The molecule has 33 heavy (non-hydrogen) atoms. The Morgan fingerprint density at radius 1 is 1.06 bits per heavy atom. The molecule has 1 aliphatic rings. The number of rotatable bonds is 5. The molecule has 1 N–H and O–H groups in total. The van der Waals surface area contributed by atoms with Crippen LogP contribution in [-0.4, -0.2) is 22.8 Å². The number of imide groups is 2. The largest absolute Gasteiger partial charge is 0.457 e. The lowest BCUT2D eigenvalue weighted by atomic mass is 10.1. The number of barbiturate groups is 1. The van der Waals surface area contributed by atoms with Crippen molar-refractivity contribution in [1.82, 2.24) is 5.32 Å². The van der Waals surface area contributed by atoms with Crippen LogP contribution in [-0.2, 0) is 16.0 Å². The van der Waals surface area contributed by atoms with Crippen molar-refractivity contribution in [2.45, 2.75) is 20.3 Å². The number of carbonyl (C=O) groups is 3. The van der Waals surface area contributed by atoms with E-state index in [9.17, 15) is 24.5 Å². The minimum absolute atomic E-state index is 0.0473. The fourth-order valence-corrected chi connectivity index (χ4v) is 3.46. The molecule has 2 aromatic carbocycles. The number of aryl methyl sites for hydroxylation is 2. The van der Waals surface area contributed by atoms with Gasteiger partial charge in [-0.1, -0.05) is 31.2 Å². The van der Waals surface area contributed by atoms with E-state index in [1.54, 1.807) is 49.4 Å². The number of anilines is 1. The molecule has 0 bridgehead atoms. The van der Waals surface area contributed by atoms with Crippen molar-refractivity contribution in [3.8, 4) is 11.3 Å². The number of hydrogen-bond donors (Lipinski definition) is 1. The molecule has 0 unspecified atom stereocenters. The summed E-state index contributed by atoms with van der Waals surface area (Å²) in [5.74, 6) is -1.11. The van der Waals surface area contributed by atoms with Crippen molar-refractivity contribution in [2.75, 3.05) is 4.90 Å². The number of nitro benzene ring substituents is 1. The topological polar surface area (TPSA) is 123 Å². The quantitative estimate of drug-likeness (QED) is 0.269. The van der Waals surface area contributed by atoms with Crippen LogP contribution in [0.5, 0.6) is 0 Å². The van der Waals surface area contributed by atoms with Crippen LogP contribution >= 0.6 is 0 Å². The molecule has 1 saturated heterocycles. The number of hydrogen-bond acceptors (Lipinski definition) is 6. The van der Waals surface area contributed by atoms with Gasteiger partial charge >= 0.3 is 6.03 Å². The van der Waals surface area contributed by atoms with E-state index in [0.717, 1.165) is 16.9 Å². The zero-order valence-electron chi connectivity index (χ0n) is 17.8. The average Bonchev–Trinajstić information content (AvgIpc) is 3.26. The highest BCUT2D eigenvalue weighted by Gasteiger charge is 2.37. The second-order valence-corrected chi connectivity index (χ2v) is 7.44. The van der Waals surface area contributed by atoms with E-state index in [1.807, 2.05) is 6.92 Å². The van der Waals surface area contributed by atoms with Crippen LogP contribution < -0.4 is 10.2 Å². The lowest BCUT2D eigenvalue weighted by Crippen LogP contribution is -2.54. The number of carbonyl (C=O) groups excluding carboxylic acids is 3. The molecular formula is C24H19N3O6. The lowest BCUT2D eigenvalue weighted by Gasteiger charge is -2.26. The maximum Gasteiger partial charge on any atom is 0.335 e. The number of nitro groups is 1. The SMILES string of the molecule is CCc1ccc(N2C(=O)NC(=O)/C(=C/c3ccc(-c4ccc(C)c([N+](=O)[O-])c4)o3)C2=O)cc1. The summed E-state index contributed by atoms with van der Waals surface area (Å²) in [4.78, 5) is 49.3. The van der Waals surface area contributed by atoms with Gasteiger partial charge in [0.05, 0.1) is 10.6 Å². The Kier molecular flexibility index (Phi) is 5.61. The normalized spacial score (nSPS) is 15.2. The second-order valence-electron chi connectivity index (χ2n) is 7.44. The van der Waals surface area contributed by atoms with Crippen LogP contribution in [0, 0.1) is 17.0 Å². The molecule has 0 atom stereocenters. The van der Waals surface area contributed by atoms with Gasteiger partial charge < -0.3 is 4.42 Å². The van der Waals surface area contributed by atoms with Crippen LogP contribution in [0.2, 0.25) is 0 Å². The minimum Gasteiger partial charge on any atom is -0.457 e. The van der Waals surface area contributed by atoms with Gasteiger partial charge in [-0.25, -0.2) is 9.69 Å². The highest BCUT2D eigenvalue weighted by Crippen LogP contribution is 2.29. The summed E-state index contributed by atoms with van der Waals surface area (Å²) in [5.41, 5.74) is 2.04. The first kappa shape index (κ1) is 21.7. The number of urea groups is 1. The molecule has 0 radical (unpaired) electrons. The summed E-state index contributed by atoms with van der Waals surface area (Å²) in [6.07, 6.45) is 2.04. The molecular weight excluding hydrogens is 426 g/mol. The second kappa shape index (κ2) is 8.54. The Balaban J connectivity index is 1.66. The molecule has 4 rings (SSSR count). The number of nitrogens with one attached hydrogen (secondary N) is 1. The van der Waals surface area contributed by atoms with Crippen molar-refractivity contribution in [3.63, 3.8) is 0 Å². The average molecular weight is 445 g/mol. The summed E-state index contributed by atoms with van der Waals surface area (Å²) >= 11 is 0. The van der Waals surface area contributed by atoms with Crippen molar-refractivity contribution in [3.05, 3.63) is 87.2 Å². The van der Waals surface area contributed by atoms with Gasteiger partial charge in [0.25, 0.3) is 17.5 Å². The van der Waals surface area contributed by atoms with Crippen LogP contribution in [0.25, 0.3) is 17.4 Å². The van der Waals surface area contributed by atoms with Crippen molar-refractivity contribution >= 4 is 35.3 Å². The minimum atomic E-state index is -0.838. The van der Waals surface area contributed by atoms with Crippen LogP contribution in [0.4, 0.5) is 16.2 Å². The molecule has 1 aliphatic heterocycles. The molecule has 0 saturated carbocycles. The monoisotopic (exact) mass is 445 g/mol. The third-order valence-corrected chi connectivity index (χ3v) is 5.31. The van der Waals surface area contributed by atoms with Gasteiger partial charge in [0, 0.05) is 17.2 Å². The van der Waals surface area contributed by atoms with Gasteiger partial charge in [0.15, 0.2) is 0 Å². The van der Waals surface area contributed by atoms with Gasteiger partial charge in [0.2, 0.25) is 0 Å². The first-order valence-electron chi connectivity index (χ1n) is 10.1. The van der Waals surface area contributed by atoms with E-state index in [-0.39, 0.29) is 17.0 Å². The Morgan fingerprint density at radius 3 is 2.45 bits per heavy atom. The lowest BCUT2D eigenvalue weighted by molar-refractivity contribution is -0.385. The van der Waals surface area contributed by atoms with Gasteiger partial charge in [0.1, 0.15) is 17.1 Å². The molecule has 3 aromatic rings. The summed E-state index contributed by atoms with van der Waals surface area (Å²) < 4.78 is 5.71. The third kappa shape index (κ3) is 4.16. The molecule has 0 spiro atoms. The Bertz CT molecular complexity index is 1320. The Labute approximate surface area is 188 Å². The standard InChI is InChI=1S/C24H19N3O6/c1-3-15-5-8-17(9-6-15)26-23(29)19(22(28)25-24(26)30)13-18-10-11-21(33-18)16-7-4-14(2)20(12-16)27(31)32/h4-13H,3H2,1-2H3,(H,25,28,30)/b19-13-. The third-order valence-electron chi connectivity index (χ3n) is 5.31. The zero-order chi connectivity index (χ0) is 23.7. The van der Waals surface area contributed by atoms with E-state index >= 15 is 0 Å². The number of benzene rings is 2. The first-order chi connectivity index (χ1) is 15.8. The smallest absolute Gasteiger partial charge is 0.335 e. The summed E-state index contributed by atoms with van der Waals surface area (Å²) in [5, 5.41) is 13.4. The van der Waals surface area contributed by atoms with E-state index < -0.39 is 22.8 Å². The predicted octanol–water partition coefficient (Wildman–Crippen LogP) is 4.39. The van der Waals surface area contributed by atoms with E-state index in [1.165, 1.54) is 18.2 Å². The molecule has 4 amide bonds. The van der Waals surface area contributed by atoms with E-state index in [0.29, 0.717) is 22.6 Å². The van der Waals surface area contributed by atoms with Crippen molar-refractivity contribution < 1.29 is 23.7 Å². The molecule has 9 heteroatoms. The van der Waals surface area contributed by atoms with Gasteiger partial charge in [-0.15, -0.1) is 0 Å². The van der Waals surface area contributed by atoms with Gasteiger partial charge in [-0.2, -0.15) is 0 Å². The van der Waals surface area contributed by atoms with Gasteiger partial charge in [-0.3, -0.25) is 25.0 Å². The highest BCUT2D eigenvalue weighted by atomic mass is 16.6. The van der Waals surface area contributed by atoms with Crippen molar-refractivity contribution in [2.24, 2.45) is 0 Å². The molecule has 2 heterocycles. The van der Waals surface area contributed by atoms with Crippen molar-refractivity contribution in [1.29, 1.82) is 0 Å². The van der Waals surface area contributed by atoms with Gasteiger partial charge in [-0.05, 0) is 49.2 Å². The predicted molar refractivity (Wildman–Crippen MR) is 120 cm³/mol. The number of nitrogens with zero attached hydrogens (tertiary/aromatic N) is 2. The summed E-state index contributed by atoms with van der Waals surface area (Å²) in [6, 6.07) is 13.8. The molecule has 1 fully saturated rings. The summed E-state index contributed by atoms with van der Waals surface area (Å²) in [6.45, 7) is 3.62. The fourth-order valence-electron chi connectivity index (χ4n) is 3.46. The first-order valence-corrected chi connectivity index (χ1v) is 10.1. The number of furan rings is 1. The highest BCUT2D eigenvalue weighted by molar-refractivity contribution is 6.39. The maximum absolute atomic E-state index is 13.0. The fraction of sp³-hybridized carbons (Fsp3) is 0.125. The molecule has 1 aromatic heterocycles. The Morgan fingerprint density at radius 2 is 1.79 bits per heavy atom. The zero-order valence-corrected chi connectivity index (χ0v) is 17.8. The molecule has 0 aliphatic carbocycles. The maximum atomic E-state index is 13.0. The van der Waals surface area contributed by atoms with E-state index in [4.69, 9.17) is 4.42 Å².